The molecule has 3 rings (SSSR count). The minimum Gasteiger partial charge on any atom is -0.375 e. The number of hydrogen-bond donors (Lipinski definition) is 1. The molecular weight excluding hydrogens is 228 g/mol. The zero-order valence-electron chi connectivity index (χ0n) is 11.4. The van der Waals surface area contributed by atoms with E-state index in [0.717, 1.165) is 32.8 Å². The Hall–Kier alpha value is -0.160. The van der Waals surface area contributed by atoms with Crippen molar-refractivity contribution in [1.82, 2.24) is 10.2 Å². The molecule has 0 spiro atoms. The van der Waals surface area contributed by atoms with Crippen LogP contribution in [0.3, 0.4) is 0 Å². The number of piperidine rings is 1. The molecular formula is C14H26N2O2. The van der Waals surface area contributed by atoms with Crippen molar-refractivity contribution in [3.05, 3.63) is 0 Å². The summed E-state index contributed by atoms with van der Waals surface area (Å²) in [6, 6.07) is 1.43. The molecule has 4 nitrogen and oxygen atoms in total. The fourth-order valence-corrected chi connectivity index (χ4v) is 3.55. The number of hydrogen-bond acceptors (Lipinski definition) is 4. The summed E-state index contributed by atoms with van der Waals surface area (Å²) in [4.78, 5) is 2.45. The molecule has 3 saturated heterocycles. The van der Waals surface area contributed by atoms with E-state index in [4.69, 9.17) is 9.47 Å². The van der Waals surface area contributed by atoms with E-state index in [9.17, 15) is 0 Å². The van der Waals surface area contributed by atoms with Gasteiger partial charge in [-0.15, -0.1) is 0 Å². The molecule has 3 heterocycles. The van der Waals surface area contributed by atoms with Crippen molar-refractivity contribution in [3.8, 4) is 0 Å². The lowest BCUT2D eigenvalue weighted by Gasteiger charge is -2.34. The van der Waals surface area contributed by atoms with Crippen molar-refractivity contribution in [2.75, 3.05) is 32.8 Å². The van der Waals surface area contributed by atoms with Gasteiger partial charge in [0.05, 0.1) is 25.4 Å². The van der Waals surface area contributed by atoms with Crippen molar-refractivity contribution in [2.24, 2.45) is 0 Å². The van der Waals surface area contributed by atoms with Gasteiger partial charge in [0.1, 0.15) is 0 Å². The van der Waals surface area contributed by atoms with E-state index in [2.05, 4.69) is 17.1 Å². The van der Waals surface area contributed by atoms with Gasteiger partial charge in [0, 0.05) is 25.2 Å². The van der Waals surface area contributed by atoms with Crippen LogP contribution in [-0.4, -0.2) is 62.0 Å². The smallest absolute Gasteiger partial charge is 0.0935 e. The Balaban J connectivity index is 1.41. The average Bonchev–Trinajstić information content (AvgIpc) is 2.76. The molecule has 0 aromatic carbocycles. The van der Waals surface area contributed by atoms with E-state index in [-0.39, 0.29) is 6.10 Å². The lowest BCUT2D eigenvalue weighted by Crippen LogP contribution is -2.46. The maximum absolute atomic E-state index is 6.10. The summed E-state index contributed by atoms with van der Waals surface area (Å²) in [7, 11) is 0. The monoisotopic (exact) mass is 254 g/mol. The van der Waals surface area contributed by atoms with Crippen LogP contribution < -0.4 is 5.32 Å². The normalized spacial score (nSPS) is 41.2. The highest BCUT2D eigenvalue weighted by atomic mass is 16.5. The van der Waals surface area contributed by atoms with Gasteiger partial charge in [-0.25, -0.2) is 0 Å². The quantitative estimate of drug-likeness (QED) is 0.812. The van der Waals surface area contributed by atoms with E-state index in [1.54, 1.807) is 0 Å². The zero-order valence-corrected chi connectivity index (χ0v) is 11.4. The van der Waals surface area contributed by atoms with Gasteiger partial charge >= 0.3 is 0 Å². The minimum absolute atomic E-state index is 0.284. The fourth-order valence-electron chi connectivity index (χ4n) is 3.55. The Labute approximate surface area is 110 Å². The van der Waals surface area contributed by atoms with E-state index in [1.807, 2.05) is 0 Å². The van der Waals surface area contributed by atoms with Crippen molar-refractivity contribution in [1.29, 1.82) is 0 Å². The Morgan fingerprint density at radius 2 is 2.06 bits per heavy atom. The van der Waals surface area contributed by atoms with E-state index in [0.29, 0.717) is 18.2 Å². The maximum atomic E-state index is 6.10. The third-order valence-corrected chi connectivity index (χ3v) is 4.62. The molecule has 1 N–H and O–H groups in total. The van der Waals surface area contributed by atoms with Crippen LogP contribution in [0, 0.1) is 0 Å². The van der Waals surface area contributed by atoms with Gasteiger partial charge in [0.25, 0.3) is 0 Å². The molecule has 0 aliphatic carbocycles. The number of rotatable bonds is 4. The van der Waals surface area contributed by atoms with Gasteiger partial charge in [-0.05, 0) is 32.2 Å². The molecule has 4 heteroatoms. The second-order valence-electron chi connectivity index (χ2n) is 5.95. The highest BCUT2D eigenvalue weighted by molar-refractivity contribution is 4.92. The fraction of sp³-hybridized carbons (Fsp3) is 1.00. The molecule has 3 aliphatic rings. The Morgan fingerprint density at radius 1 is 1.28 bits per heavy atom. The third kappa shape index (κ3) is 3.05. The minimum atomic E-state index is 0.284. The number of morpholine rings is 1. The number of nitrogens with one attached hydrogen (secondary N) is 1. The van der Waals surface area contributed by atoms with Crippen molar-refractivity contribution < 1.29 is 9.47 Å². The van der Waals surface area contributed by atoms with Crippen LogP contribution in [0.15, 0.2) is 0 Å². The molecule has 0 amide bonds. The molecule has 2 bridgehead atoms. The molecule has 0 aromatic rings. The first-order valence-electron chi connectivity index (χ1n) is 7.55. The Morgan fingerprint density at radius 3 is 2.78 bits per heavy atom. The lowest BCUT2D eigenvalue weighted by molar-refractivity contribution is -0.0907. The van der Waals surface area contributed by atoms with Crippen molar-refractivity contribution >= 4 is 0 Å². The predicted molar refractivity (Wildman–Crippen MR) is 70.8 cm³/mol. The summed E-state index contributed by atoms with van der Waals surface area (Å²) in [6.45, 7) is 7.09. The number of ether oxygens (including phenoxy) is 2. The topological polar surface area (TPSA) is 33.7 Å². The molecule has 0 aromatic heterocycles. The van der Waals surface area contributed by atoms with Crippen LogP contribution in [0.5, 0.6) is 0 Å². The van der Waals surface area contributed by atoms with Crippen LogP contribution in [0.2, 0.25) is 0 Å². The summed E-state index contributed by atoms with van der Waals surface area (Å²) in [5.41, 5.74) is 0. The first-order chi connectivity index (χ1) is 8.83. The van der Waals surface area contributed by atoms with Crippen molar-refractivity contribution in [3.63, 3.8) is 0 Å². The standard InChI is InChI=1S/C14H26N2O2/c1-2-16-5-6-17-14(9-16)10-18-13-7-11-3-4-12(8-13)15-11/h11-15H,2-10H2,1H3. The molecule has 3 unspecified atom stereocenters. The van der Waals surface area contributed by atoms with Crippen LogP contribution in [0.4, 0.5) is 0 Å². The van der Waals surface area contributed by atoms with Gasteiger partial charge in [-0.2, -0.15) is 0 Å². The first-order valence-corrected chi connectivity index (χ1v) is 7.55. The summed E-state index contributed by atoms with van der Waals surface area (Å²) in [6.07, 6.45) is 5.82. The van der Waals surface area contributed by atoms with Crippen LogP contribution in [-0.2, 0) is 9.47 Å². The van der Waals surface area contributed by atoms with E-state index in [1.165, 1.54) is 25.7 Å². The second-order valence-corrected chi connectivity index (χ2v) is 5.95. The number of likely N-dealkylation sites (N-methyl/N-ethyl adjacent to an activating group) is 1. The molecule has 3 fully saturated rings. The average molecular weight is 254 g/mol. The number of fused-ring (bicyclic) bond motifs is 2. The summed E-state index contributed by atoms with van der Waals surface area (Å²) in [5, 5.41) is 3.65. The largest absolute Gasteiger partial charge is 0.375 e. The maximum Gasteiger partial charge on any atom is 0.0935 e. The van der Waals surface area contributed by atoms with Gasteiger partial charge in [0.15, 0.2) is 0 Å². The van der Waals surface area contributed by atoms with Gasteiger partial charge < -0.3 is 14.8 Å². The highest BCUT2D eigenvalue weighted by Gasteiger charge is 2.34. The molecule has 0 radical (unpaired) electrons. The van der Waals surface area contributed by atoms with Crippen molar-refractivity contribution in [2.45, 2.75) is 56.9 Å². The SMILES string of the molecule is CCN1CCOC(COC2CC3CCC(C2)N3)C1. The zero-order chi connectivity index (χ0) is 12.4. The highest BCUT2D eigenvalue weighted by Crippen LogP contribution is 2.28. The molecule has 0 saturated carbocycles. The number of nitrogens with zero attached hydrogens (tertiary/aromatic N) is 1. The Kier molecular flexibility index (Phi) is 4.19. The predicted octanol–water partition coefficient (Wildman–Crippen LogP) is 1.01. The third-order valence-electron chi connectivity index (χ3n) is 4.62. The van der Waals surface area contributed by atoms with E-state index < -0.39 is 0 Å². The second kappa shape index (κ2) is 5.87. The summed E-state index contributed by atoms with van der Waals surface area (Å²) >= 11 is 0. The van der Waals surface area contributed by atoms with Gasteiger partial charge in [-0.3, -0.25) is 4.90 Å². The van der Waals surface area contributed by atoms with Crippen LogP contribution in [0.25, 0.3) is 0 Å². The van der Waals surface area contributed by atoms with Gasteiger partial charge in [0.2, 0.25) is 0 Å². The molecule has 104 valence electrons. The van der Waals surface area contributed by atoms with E-state index >= 15 is 0 Å². The summed E-state index contributed by atoms with van der Waals surface area (Å²) in [5.74, 6) is 0. The molecule has 18 heavy (non-hydrogen) atoms. The van der Waals surface area contributed by atoms with Crippen LogP contribution in [0.1, 0.15) is 32.6 Å². The molecule has 3 aliphatic heterocycles. The first kappa shape index (κ1) is 12.9. The lowest BCUT2D eigenvalue weighted by atomic mass is 10.0. The van der Waals surface area contributed by atoms with Gasteiger partial charge in [-0.1, -0.05) is 6.92 Å². The van der Waals surface area contributed by atoms with Crippen LogP contribution >= 0.6 is 0 Å². The Bertz CT molecular complexity index is 263. The summed E-state index contributed by atoms with van der Waals surface area (Å²) < 4.78 is 11.9. The molecule has 3 atom stereocenters.